The van der Waals surface area contributed by atoms with E-state index in [1.165, 1.54) is 24.1 Å². The van der Waals surface area contributed by atoms with Gasteiger partial charge in [-0.25, -0.2) is 13.4 Å². The molecule has 1 atom stereocenters. The van der Waals surface area contributed by atoms with Gasteiger partial charge in [-0.15, -0.1) is 0 Å². The van der Waals surface area contributed by atoms with E-state index < -0.39 is 10.0 Å². The molecule has 0 saturated carbocycles. The van der Waals surface area contributed by atoms with Crippen LogP contribution in [-0.2, 0) is 14.8 Å². The van der Waals surface area contributed by atoms with E-state index >= 15 is 0 Å². The van der Waals surface area contributed by atoms with Crippen LogP contribution in [0.2, 0.25) is 0 Å². The maximum absolute atomic E-state index is 12.9. The second-order valence-electron chi connectivity index (χ2n) is 7.34. The first-order valence-corrected chi connectivity index (χ1v) is 11.6. The number of hydrazone groups is 1. The van der Waals surface area contributed by atoms with E-state index in [1.807, 2.05) is 30.3 Å². The topological polar surface area (TPSA) is 88.1 Å². The fourth-order valence-corrected chi connectivity index (χ4v) is 4.88. The molecule has 0 spiro atoms. The SMILES string of the molecule is COc1ccccc1[C@H]1CC(c2ccccc2NS(=O)(=O)c2ccccc2)=NN1C(C)=O. The van der Waals surface area contributed by atoms with Crippen LogP contribution in [0.15, 0.2) is 88.9 Å². The van der Waals surface area contributed by atoms with E-state index in [0.29, 0.717) is 29.1 Å². The number of para-hydroxylation sites is 2. The lowest BCUT2D eigenvalue weighted by molar-refractivity contribution is -0.130. The summed E-state index contributed by atoms with van der Waals surface area (Å²) in [4.78, 5) is 12.5. The summed E-state index contributed by atoms with van der Waals surface area (Å²) < 4.78 is 33.9. The summed E-state index contributed by atoms with van der Waals surface area (Å²) in [5, 5.41) is 5.99. The number of nitrogens with one attached hydrogen (secondary N) is 1. The number of amides is 1. The van der Waals surface area contributed by atoms with E-state index in [0.717, 1.165) is 5.56 Å². The van der Waals surface area contributed by atoms with Crippen LogP contribution in [0.3, 0.4) is 0 Å². The Morgan fingerprint density at radius 3 is 2.38 bits per heavy atom. The molecule has 32 heavy (non-hydrogen) atoms. The van der Waals surface area contributed by atoms with Crippen LogP contribution >= 0.6 is 0 Å². The lowest BCUT2D eigenvalue weighted by atomic mass is 9.97. The highest BCUT2D eigenvalue weighted by molar-refractivity contribution is 7.92. The van der Waals surface area contributed by atoms with Crippen molar-refractivity contribution in [1.29, 1.82) is 0 Å². The van der Waals surface area contributed by atoms with Crippen LogP contribution in [0.4, 0.5) is 5.69 Å². The molecule has 1 aliphatic heterocycles. The van der Waals surface area contributed by atoms with Gasteiger partial charge in [0, 0.05) is 24.5 Å². The third-order valence-corrected chi connectivity index (χ3v) is 6.65. The van der Waals surface area contributed by atoms with E-state index in [2.05, 4.69) is 9.82 Å². The Balaban J connectivity index is 1.70. The molecule has 0 aliphatic carbocycles. The minimum atomic E-state index is -3.78. The molecule has 0 radical (unpaired) electrons. The third-order valence-electron chi connectivity index (χ3n) is 5.27. The molecule has 3 aromatic carbocycles. The Labute approximate surface area is 187 Å². The molecule has 0 saturated heterocycles. The molecule has 1 aliphatic rings. The zero-order valence-electron chi connectivity index (χ0n) is 17.7. The first-order chi connectivity index (χ1) is 15.4. The van der Waals surface area contributed by atoms with Crippen LogP contribution in [0.25, 0.3) is 0 Å². The monoisotopic (exact) mass is 449 g/mol. The number of hydrogen-bond donors (Lipinski definition) is 1. The zero-order chi connectivity index (χ0) is 22.7. The molecule has 164 valence electrons. The Kier molecular flexibility index (Phi) is 5.96. The summed E-state index contributed by atoms with van der Waals surface area (Å²) in [6, 6.07) is 22.4. The predicted octanol–water partition coefficient (Wildman–Crippen LogP) is 4.19. The normalized spacial score (nSPS) is 15.9. The number of rotatable bonds is 6. The number of methoxy groups -OCH3 is 1. The second-order valence-corrected chi connectivity index (χ2v) is 9.02. The van der Waals surface area contributed by atoms with Crippen LogP contribution in [0.5, 0.6) is 5.75 Å². The highest BCUT2D eigenvalue weighted by Gasteiger charge is 2.34. The molecule has 1 amide bonds. The largest absolute Gasteiger partial charge is 0.496 e. The average molecular weight is 450 g/mol. The lowest BCUT2D eigenvalue weighted by Crippen LogP contribution is -2.24. The standard InChI is InChI=1S/C24H23N3O4S/c1-17(28)27-23(20-13-7-9-15-24(20)31-2)16-22(25-27)19-12-6-8-14-21(19)26-32(29,30)18-10-4-3-5-11-18/h3-15,23,26H,16H2,1-2H3/t23-/m1/s1. The molecule has 0 unspecified atom stereocenters. The highest BCUT2D eigenvalue weighted by Crippen LogP contribution is 2.38. The van der Waals surface area contributed by atoms with Gasteiger partial charge < -0.3 is 4.74 Å². The van der Waals surface area contributed by atoms with E-state index in [1.54, 1.807) is 43.5 Å². The van der Waals surface area contributed by atoms with Crippen molar-refractivity contribution < 1.29 is 17.9 Å². The van der Waals surface area contributed by atoms with Crippen molar-refractivity contribution in [2.45, 2.75) is 24.3 Å². The molecule has 0 bridgehead atoms. The number of ether oxygens (including phenoxy) is 1. The van der Waals surface area contributed by atoms with Crippen molar-refractivity contribution in [3.8, 4) is 5.75 Å². The van der Waals surface area contributed by atoms with Crippen LogP contribution in [0.1, 0.15) is 30.5 Å². The number of carbonyl (C=O) groups is 1. The molecular weight excluding hydrogens is 426 g/mol. The molecule has 7 nitrogen and oxygen atoms in total. The van der Waals surface area contributed by atoms with Crippen molar-refractivity contribution in [2.24, 2.45) is 5.10 Å². The van der Waals surface area contributed by atoms with Crippen molar-refractivity contribution in [2.75, 3.05) is 11.8 Å². The Morgan fingerprint density at radius 1 is 1.00 bits per heavy atom. The van der Waals surface area contributed by atoms with Gasteiger partial charge in [-0.05, 0) is 24.3 Å². The summed E-state index contributed by atoms with van der Waals surface area (Å²) in [5.74, 6) is 0.455. The number of sulfonamides is 1. The molecule has 0 fully saturated rings. The quantitative estimate of drug-likeness (QED) is 0.611. The van der Waals surface area contributed by atoms with Crippen LogP contribution < -0.4 is 9.46 Å². The van der Waals surface area contributed by atoms with E-state index in [9.17, 15) is 13.2 Å². The van der Waals surface area contributed by atoms with E-state index in [4.69, 9.17) is 4.74 Å². The molecule has 4 rings (SSSR count). The fourth-order valence-electron chi connectivity index (χ4n) is 3.77. The lowest BCUT2D eigenvalue weighted by Gasteiger charge is -2.22. The predicted molar refractivity (Wildman–Crippen MR) is 123 cm³/mol. The van der Waals surface area contributed by atoms with Gasteiger partial charge in [0.1, 0.15) is 5.75 Å². The number of benzene rings is 3. The highest BCUT2D eigenvalue weighted by atomic mass is 32.2. The Morgan fingerprint density at radius 2 is 1.66 bits per heavy atom. The van der Waals surface area contributed by atoms with Gasteiger partial charge >= 0.3 is 0 Å². The number of carbonyl (C=O) groups excluding carboxylic acids is 1. The van der Waals surface area contributed by atoms with Gasteiger partial charge in [-0.3, -0.25) is 9.52 Å². The first kappa shape index (κ1) is 21.6. The Hall–Kier alpha value is -3.65. The average Bonchev–Trinajstić information content (AvgIpc) is 3.25. The molecule has 3 aromatic rings. The van der Waals surface area contributed by atoms with Gasteiger partial charge in [0.2, 0.25) is 5.91 Å². The number of hydrogen-bond acceptors (Lipinski definition) is 5. The van der Waals surface area contributed by atoms with Gasteiger partial charge in [0.25, 0.3) is 10.0 Å². The maximum atomic E-state index is 12.9. The molecule has 0 aromatic heterocycles. The Bertz CT molecular complexity index is 1270. The van der Waals surface area contributed by atoms with Gasteiger partial charge in [0.15, 0.2) is 0 Å². The first-order valence-electron chi connectivity index (χ1n) is 10.1. The smallest absolute Gasteiger partial charge is 0.261 e. The van der Waals surface area contributed by atoms with Crippen molar-refractivity contribution >= 4 is 27.3 Å². The minimum absolute atomic E-state index is 0.167. The van der Waals surface area contributed by atoms with Gasteiger partial charge in [-0.1, -0.05) is 54.6 Å². The van der Waals surface area contributed by atoms with Crippen molar-refractivity contribution in [1.82, 2.24) is 5.01 Å². The molecular formula is C24H23N3O4S. The summed E-state index contributed by atoms with van der Waals surface area (Å²) in [7, 11) is -2.19. The van der Waals surface area contributed by atoms with Gasteiger partial charge in [0.05, 0.1) is 29.4 Å². The van der Waals surface area contributed by atoms with E-state index in [-0.39, 0.29) is 16.8 Å². The summed E-state index contributed by atoms with van der Waals surface area (Å²) in [6.07, 6.45) is 0.421. The number of nitrogens with zero attached hydrogens (tertiary/aromatic N) is 2. The summed E-state index contributed by atoms with van der Waals surface area (Å²) in [5.41, 5.74) is 2.48. The van der Waals surface area contributed by atoms with Crippen molar-refractivity contribution in [3.05, 3.63) is 90.0 Å². The summed E-state index contributed by atoms with van der Waals surface area (Å²) >= 11 is 0. The van der Waals surface area contributed by atoms with Gasteiger partial charge in [-0.2, -0.15) is 5.10 Å². The van der Waals surface area contributed by atoms with Crippen LogP contribution in [0, 0.1) is 0 Å². The fraction of sp³-hybridized carbons (Fsp3) is 0.167. The number of anilines is 1. The minimum Gasteiger partial charge on any atom is -0.496 e. The molecule has 8 heteroatoms. The zero-order valence-corrected chi connectivity index (χ0v) is 18.5. The maximum Gasteiger partial charge on any atom is 0.261 e. The van der Waals surface area contributed by atoms with Crippen molar-refractivity contribution in [3.63, 3.8) is 0 Å². The summed E-state index contributed by atoms with van der Waals surface area (Å²) in [6.45, 7) is 1.46. The second kappa shape index (κ2) is 8.84. The molecule has 1 heterocycles. The molecule has 1 N–H and O–H groups in total. The van der Waals surface area contributed by atoms with Crippen LogP contribution in [-0.4, -0.2) is 32.2 Å². The third kappa shape index (κ3) is 4.22.